The minimum Gasteiger partial charge on any atom is -0.352 e. The topological polar surface area (TPSA) is 69.1 Å². The Labute approximate surface area is 124 Å². The highest BCUT2D eigenvalue weighted by Gasteiger charge is 2.22. The zero-order valence-corrected chi connectivity index (χ0v) is 13.1. The molecule has 0 heterocycles. The van der Waals surface area contributed by atoms with E-state index in [0.717, 1.165) is 11.8 Å². The van der Waals surface area contributed by atoms with Crippen LogP contribution < -0.4 is 11.5 Å². The van der Waals surface area contributed by atoms with E-state index in [-0.39, 0.29) is 0 Å². The van der Waals surface area contributed by atoms with Gasteiger partial charge < -0.3 is 11.5 Å². The van der Waals surface area contributed by atoms with Crippen molar-refractivity contribution in [2.75, 3.05) is 0 Å². The lowest BCUT2D eigenvalue weighted by atomic mass is 9.76. The summed E-state index contributed by atoms with van der Waals surface area (Å²) in [6.45, 7) is 0. The van der Waals surface area contributed by atoms with Gasteiger partial charge in [-0.2, -0.15) is 0 Å². The van der Waals surface area contributed by atoms with Crippen molar-refractivity contribution in [1.29, 1.82) is 0 Å². The van der Waals surface area contributed by atoms with Gasteiger partial charge >= 0.3 is 6.03 Å². The molecule has 2 amide bonds. The lowest BCUT2D eigenvalue weighted by Crippen LogP contribution is -2.18. The maximum atomic E-state index is 9.00. The second-order valence-electron chi connectivity index (χ2n) is 6.61. The third kappa shape index (κ3) is 8.44. The fourth-order valence-electron chi connectivity index (χ4n) is 3.92. The lowest BCUT2D eigenvalue weighted by Gasteiger charge is -2.30. The summed E-state index contributed by atoms with van der Waals surface area (Å²) in [6.07, 6.45) is 21.4. The number of amides is 2. The molecule has 2 aliphatic carbocycles. The number of carbonyl (C=O) groups is 1. The SMILES string of the molecule is C1CCCC(C2CCCCCCC2)CCC1.NC(N)=O. The van der Waals surface area contributed by atoms with Crippen LogP contribution >= 0.6 is 0 Å². The number of nitrogens with two attached hydrogens (primary N) is 2. The molecule has 2 rings (SSSR count). The number of hydrogen-bond acceptors (Lipinski definition) is 1. The predicted octanol–water partition coefficient (Wildman–Crippen LogP) is 4.73. The first-order valence-electron chi connectivity index (χ1n) is 8.75. The van der Waals surface area contributed by atoms with Crippen molar-refractivity contribution in [3.8, 4) is 0 Å². The van der Waals surface area contributed by atoms with Gasteiger partial charge in [0.15, 0.2) is 0 Å². The van der Waals surface area contributed by atoms with Crippen molar-refractivity contribution in [2.45, 2.75) is 89.9 Å². The van der Waals surface area contributed by atoms with Gasteiger partial charge in [-0.25, -0.2) is 4.79 Å². The van der Waals surface area contributed by atoms with Crippen molar-refractivity contribution in [3.63, 3.8) is 0 Å². The second kappa shape index (κ2) is 11.0. The van der Waals surface area contributed by atoms with E-state index in [0.29, 0.717) is 0 Å². The molecule has 0 aromatic rings. The summed E-state index contributed by atoms with van der Waals surface area (Å²) in [6, 6.07) is -0.833. The van der Waals surface area contributed by atoms with Crippen molar-refractivity contribution in [2.24, 2.45) is 23.3 Å². The Bertz CT molecular complexity index is 215. The molecule has 20 heavy (non-hydrogen) atoms. The molecule has 4 N–H and O–H groups in total. The van der Waals surface area contributed by atoms with Gasteiger partial charge in [0.2, 0.25) is 0 Å². The minimum atomic E-state index is -0.833. The van der Waals surface area contributed by atoms with Gasteiger partial charge in [0, 0.05) is 0 Å². The van der Waals surface area contributed by atoms with Gasteiger partial charge in [0.05, 0.1) is 0 Å². The first-order valence-corrected chi connectivity index (χ1v) is 8.75. The van der Waals surface area contributed by atoms with Crippen LogP contribution in [-0.4, -0.2) is 6.03 Å². The van der Waals surface area contributed by atoms with Crippen LogP contribution in [0.15, 0.2) is 0 Å². The molecular weight excluding hydrogens is 248 g/mol. The zero-order valence-electron chi connectivity index (χ0n) is 13.1. The van der Waals surface area contributed by atoms with E-state index in [1.54, 1.807) is 25.7 Å². The predicted molar refractivity (Wildman–Crippen MR) is 85.4 cm³/mol. The Morgan fingerprint density at radius 1 is 0.550 bits per heavy atom. The molecular formula is C17H34N2O. The Morgan fingerprint density at radius 2 is 0.750 bits per heavy atom. The average Bonchev–Trinajstić information content (AvgIpc) is 2.28. The van der Waals surface area contributed by atoms with Gasteiger partial charge in [-0.3, -0.25) is 0 Å². The molecule has 3 nitrogen and oxygen atoms in total. The van der Waals surface area contributed by atoms with E-state index >= 15 is 0 Å². The zero-order chi connectivity index (χ0) is 14.6. The van der Waals surface area contributed by atoms with Crippen LogP contribution in [0.5, 0.6) is 0 Å². The number of urea groups is 1. The van der Waals surface area contributed by atoms with Crippen molar-refractivity contribution in [3.05, 3.63) is 0 Å². The lowest BCUT2D eigenvalue weighted by molar-refractivity contribution is 0.221. The standard InChI is InChI=1S/C16H30.CH4N2O/c1-3-7-11-15(12-8-4-1)16-13-9-5-2-6-10-14-16;2-1(3)4/h15-16H,1-14H2;(H4,2,3,4). The quantitative estimate of drug-likeness (QED) is 0.717. The van der Waals surface area contributed by atoms with Gasteiger partial charge in [0.1, 0.15) is 0 Å². The van der Waals surface area contributed by atoms with Gasteiger partial charge in [-0.1, -0.05) is 89.9 Å². The van der Waals surface area contributed by atoms with Gasteiger partial charge in [-0.15, -0.1) is 0 Å². The van der Waals surface area contributed by atoms with Crippen LogP contribution in [0.3, 0.4) is 0 Å². The largest absolute Gasteiger partial charge is 0.352 e. The van der Waals surface area contributed by atoms with Crippen molar-refractivity contribution >= 4 is 6.03 Å². The van der Waals surface area contributed by atoms with E-state index in [1.165, 1.54) is 64.2 Å². The summed E-state index contributed by atoms with van der Waals surface area (Å²) in [7, 11) is 0. The van der Waals surface area contributed by atoms with E-state index in [9.17, 15) is 0 Å². The monoisotopic (exact) mass is 282 g/mol. The maximum Gasteiger partial charge on any atom is 0.309 e. The molecule has 118 valence electrons. The average molecular weight is 282 g/mol. The second-order valence-corrected chi connectivity index (χ2v) is 6.61. The van der Waals surface area contributed by atoms with Crippen molar-refractivity contribution < 1.29 is 4.79 Å². The molecule has 0 unspecified atom stereocenters. The van der Waals surface area contributed by atoms with Crippen LogP contribution in [0.25, 0.3) is 0 Å². The third-order valence-corrected chi connectivity index (χ3v) is 4.97. The molecule has 0 spiro atoms. The molecule has 0 aromatic heterocycles. The molecule has 0 radical (unpaired) electrons. The summed E-state index contributed by atoms with van der Waals surface area (Å²) in [5.74, 6) is 2.22. The Balaban J connectivity index is 0.000000444. The number of carbonyl (C=O) groups excluding carboxylic acids is 1. The van der Waals surface area contributed by atoms with Crippen LogP contribution in [0.1, 0.15) is 89.9 Å². The molecule has 0 atom stereocenters. The molecule has 3 heteroatoms. The van der Waals surface area contributed by atoms with Crippen LogP contribution in [0, 0.1) is 11.8 Å². The summed E-state index contributed by atoms with van der Waals surface area (Å²) >= 11 is 0. The van der Waals surface area contributed by atoms with Crippen LogP contribution in [0.4, 0.5) is 4.79 Å². The number of primary amides is 2. The first kappa shape index (κ1) is 17.3. The Morgan fingerprint density at radius 3 is 1.00 bits per heavy atom. The van der Waals surface area contributed by atoms with Gasteiger partial charge in [-0.05, 0) is 11.8 Å². The van der Waals surface area contributed by atoms with Crippen molar-refractivity contribution in [1.82, 2.24) is 0 Å². The molecule has 0 saturated heterocycles. The number of rotatable bonds is 1. The smallest absolute Gasteiger partial charge is 0.309 e. The molecule has 0 aromatic carbocycles. The maximum absolute atomic E-state index is 9.00. The highest BCUT2D eigenvalue weighted by Crippen LogP contribution is 2.35. The molecule has 2 aliphatic rings. The molecule has 0 bridgehead atoms. The Kier molecular flexibility index (Phi) is 9.52. The fourth-order valence-corrected chi connectivity index (χ4v) is 3.92. The highest BCUT2D eigenvalue weighted by atomic mass is 16.2. The normalized spacial score (nSPS) is 23.4. The van der Waals surface area contributed by atoms with Crippen LogP contribution in [0.2, 0.25) is 0 Å². The van der Waals surface area contributed by atoms with Crippen LogP contribution in [-0.2, 0) is 0 Å². The summed E-state index contributed by atoms with van der Waals surface area (Å²) in [5, 5.41) is 0. The minimum absolute atomic E-state index is 0.833. The van der Waals surface area contributed by atoms with E-state index in [1.807, 2.05) is 0 Å². The Hall–Kier alpha value is -0.730. The summed E-state index contributed by atoms with van der Waals surface area (Å²) < 4.78 is 0. The van der Waals surface area contributed by atoms with E-state index in [2.05, 4.69) is 11.5 Å². The van der Waals surface area contributed by atoms with Gasteiger partial charge in [0.25, 0.3) is 0 Å². The molecule has 2 fully saturated rings. The number of hydrogen-bond donors (Lipinski definition) is 2. The fraction of sp³-hybridized carbons (Fsp3) is 0.941. The highest BCUT2D eigenvalue weighted by molar-refractivity contribution is 5.69. The summed E-state index contributed by atoms with van der Waals surface area (Å²) in [5.41, 5.74) is 8.50. The third-order valence-electron chi connectivity index (χ3n) is 4.97. The molecule has 0 aliphatic heterocycles. The van der Waals surface area contributed by atoms with E-state index < -0.39 is 6.03 Å². The summed E-state index contributed by atoms with van der Waals surface area (Å²) in [4.78, 5) is 9.00. The first-order chi connectivity index (χ1) is 9.70. The molecule has 2 saturated carbocycles. The van der Waals surface area contributed by atoms with E-state index in [4.69, 9.17) is 4.79 Å².